The number of carbonyl (C=O) groups excluding carboxylic acids is 1. The Bertz CT molecular complexity index is 273. The maximum Gasteiger partial charge on any atom is 0.239 e. The first-order valence-corrected chi connectivity index (χ1v) is 4.16. The van der Waals surface area contributed by atoms with Crippen LogP contribution in [0, 0.1) is 0 Å². The van der Waals surface area contributed by atoms with Crippen LogP contribution >= 0.6 is 22.9 Å². The van der Waals surface area contributed by atoms with Gasteiger partial charge in [0.25, 0.3) is 0 Å². The van der Waals surface area contributed by atoms with Crippen molar-refractivity contribution in [2.75, 3.05) is 0 Å². The molecule has 11 heavy (non-hydrogen) atoms. The first-order chi connectivity index (χ1) is 5.13. The van der Waals surface area contributed by atoms with Gasteiger partial charge in [-0.15, -0.1) is 11.3 Å². The summed E-state index contributed by atoms with van der Waals surface area (Å²) in [5.41, 5.74) is 11.0. The zero-order chi connectivity index (χ0) is 8.43. The van der Waals surface area contributed by atoms with Crippen LogP contribution in [0.15, 0.2) is 11.4 Å². The van der Waals surface area contributed by atoms with E-state index in [0.29, 0.717) is 9.90 Å². The molecule has 0 spiro atoms. The van der Waals surface area contributed by atoms with Crippen molar-refractivity contribution in [1.82, 2.24) is 0 Å². The number of primary amides is 1. The predicted octanol–water partition coefficient (Wildman–Crippen LogP) is 0.887. The summed E-state index contributed by atoms with van der Waals surface area (Å²) in [4.78, 5) is 10.6. The zero-order valence-electron chi connectivity index (χ0n) is 5.58. The summed E-state index contributed by atoms with van der Waals surface area (Å²) in [7, 11) is 0. The van der Waals surface area contributed by atoms with E-state index in [1.165, 1.54) is 11.3 Å². The van der Waals surface area contributed by atoms with E-state index in [4.69, 9.17) is 23.1 Å². The number of halogens is 1. The molecular formula is C6H7ClN2OS. The van der Waals surface area contributed by atoms with E-state index < -0.39 is 11.9 Å². The Kier molecular flexibility index (Phi) is 2.49. The third-order valence-electron chi connectivity index (χ3n) is 1.29. The summed E-state index contributed by atoms with van der Waals surface area (Å²) in [6.45, 7) is 0. The molecule has 1 unspecified atom stereocenters. The van der Waals surface area contributed by atoms with E-state index in [1.54, 1.807) is 11.4 Å². The number of hydrogen-bond donors (Lipinski definition) is 2. The summed E-state index contributed by atoms with van der Waals surface area (Å²) >= 11 is 7.04. The van der Waals surface area contributed by atoms with Crippen LogP contribution in [0.5, 0.6) is 0 Å². The number of amides is 1. The molecule has 1 rings (SSSR count). The second-order valence-corrected chi connectivity index (χ2v) is 3.55. The van der Waals surface area contributed by atoms with E-state index in [0.717, 1.165) is 0 Å². The molecule has 0 saturated carbocycles. The molecule has 0 bridgehead atoms. The highest BCUT2D eigenvalue weighted by molar-refractivity contribution is 7.14. The van der Waals surface area contributed by atoms with Crippen molar-refractivity contribution in [2.45, 2.75) is 6.04 Å². The highest BCUT2D eigenvalue weighted by Crippen LogP contribution is 2.26. The van der Waals surface area contributed by atoms with Crippen LogP contribution in [0.25, 0.3) is 0 Å². The van der Waals surface area contributed by atoms with Gasteiger partial charge in [0.15, 0.2) is 0 Å². The third-order valence-corrected chi connectivity index (χ3v) is 2.49. The molecule has 0 saturated heterocycles. The minimum absolute atomic E-state index is 0.524. The highest BCUT2D eigenvalue weighted by atomic mass is 35.5. The molecule has 1 atom stereocenters. The summed E-state index contributed by atoms with van der Waals surface area (Å²) in [6, 6.07) is 0.913. The molecule has 0 radical (unpaired) electrons. The minimum atomic E-state index is -0.784. The molecular weight excluding hydrogens is 184 g/mol. The maximum atomic E-state index is 10.6. The summed E-state index contributed by atoms with van der Waals surface area (Å²) in [5, 5.41) is 1.76. The van der Waals surface area contributed by atoms with E-state index in [1.807, 2.05) is 0 Å². The Morgan fingerprint density at radius 2 is 2.36 bits per heavy atom. The Morgan fingerprint density at radius 3 is 2.73 bits per heavy atom. The quantitative estimate of drug-likeness (QED) is 0.727. The summed E-state index contributed by atoms with van der Waals surface area (Å²) < 4.78 is 0.524. The highest BCUT2D eigenvalue weighted by Gasteiger charge is 2.15. The molecule has 60 valence electrons. The van der Waals surface area contributed by atoms with Crippen LogP contribution < -0.4 is 11.5 Å². The smallest absolute Gasteiger partial charge is 0.239 e. The summed E-state index contributed by atoms with van der Waals surface area (Å²) in [6.07, 6.45) is 0. The molecule has 0 aliphatic rings. The van der Waals surface area contributed by atoms with E-state index in [-0.39, 0.29) is 0 Å². The van der Waals surface area contributed by atoms with E-state index in [2.05, 4.69) is 0 Å². The molecule has 0 aromatic carbocycles. The molecule has 3 nitrogen and oxygen atoms in total. The van der Waals surface area contributed by atoms with E-state index in [9.17, 15) is 4.79 Å². The van der Waals surface area contributed by atoms with Crippen molar-refractivity contribution >= 4 is 28.8 Å². The zero-order valence-corrected chi connectivity index (χ0v) is 7.15. The van der Waals surface area contributed by atoms with Gasteiger partial charge >= 0.3 is 0 Å². The SMILES string of the molecule is NC(=O)C(N)c1ccsc1Cl. The van der Waals surface area contributed by atoms with Crippen molar-refractivity contribution in [3.05, 3.63) is 21.3 Å². The van der Waals surface area contributed by atoms with Gasteiger partial charge in [-0.3, -0.25) is 4.79 Å². The number of carbonyl (C=O) groups is 1. The third kappa shape index (κ3) is 1.71. The lowest BCUT2D eigenvalue weighted by molar-refractivity contribution is -0.119. The average molecular weight is 191 g/mol. The van der Waals surface area contributed by atoms with Gasteiger partial charge in [0, 0.05) is 5.56 Å². The van der Waals surface area contributed by atoms with Gasteiger partial charge in [-0.1, -0.05) is 11.6 Å². The Balaban J connectivity index is 2.92. The van der Waals surface area contributed by atoms with Crippen LogP contribution in [0.3, 0.4) is 0 Å². The number of thiophene rings is 1. The van der Waals surface area contributed by atoms with Gasteiger partial charge in [-0.25, -0.2) is 0 Å². The van der Waals surface area contributed by atoms with Crippen molar-refractivity contribution in [1.29, 1.82) is 0 Å². The predicted molar refractivity (Wildman–Crippen MR) is 45.5 cm³/mol. The average Bonchev–Trinajstić information content (AvgIpc) is 2.33. The molecule has 0 fully saturated rings. The van der Waals surface area contributed by atoms with Crippen molar-refractivity contribution in [2.24, 2.45) is 11.5 Å². The minimum Gasteiger partial charge on any atom is -0.368 e. The molecule has 5 heteroatoms. The van der Waals surface area contributed by atoms with Gasteiger partial charge in [-0.2, -0.15) is 0 Å². The van der Waals surface area contributed by atoms with Crippen LogP contribution in [-0.2, 0) is 4.79 Å². The first kappa shape index (κ1) is 8.52. The molecule has 0 aliphatic carbocycles. The lowest BCUT2D eigenvalue weighted by atomic mass is 10.1. The lowest BCUT2D eigenvalue weighted by Crippen LogP contribution is -2.27. The molecule has 4 N–H and O–H groups in total. The molecule has 1 heterocycles. The number of hydrogen-bond acceptors (Lipinski definition) is 3. The second-order valence-electron chi connectivity index (χ2n) is 2.03. The molecule has 0 aliphatic heterocycles. The van der Waals surface area contributed by atoms with Gasteiger partial charge < -0.3 is 11.5 Å². The van der Waals surface area contributed by atoms with Crippen LogP contribution in [-0.4, -0.2) is 5.91 Å². The monoisotopic (exact) mass is 190 g/mol. The van der Waals surface area contributed by atoms with Crippen molar-refractivity contribution in [3.8, 4) is 0 Å². The lowest BCUT2D eigenvalue weighted by Gasteiger charge is -2.04. The fourth-order valence-corrected chi connectivity index (χ4v) is 1.68. The topological polar surface area (TPSA) is 69.1 Å². The Morgan fingerprint density at radius 1 is 1.73 bits per heavy atom. The Hall–Kier alpha value is -0.580. The second kappa shape index (κ2) is 3.21. The van der Waals surface area contributed by atoms with Crippen LogP contribution in [0.4, 0.5) is 0 Å². The van der Waals surface area contributed by atoms with Gasteiger partial charge in [0.1, 0.15) is 6.04 Å². The fourth-order valence-electron chi connectivity index (χ4n) is 0.680. The largest absolute Gasteiger partial charge is 0.368 e. The normalized spacial score (nSPS) is 12.9. The number of nitrogens with two attached hydrogens (primary N) is 2. The van der Waals surface area contributed by atoms with Gasteiger partial charge in [0.2, 0.25) is 5.91 Å². The number of rotatable bonds is 2. The Labute approximate surface area is 72.9 Å². The summed E-state index contributed by atoms with van der Waals surface area (Å²) in [5.74, 6) is -0.565. The van der Waals surface area contributed by atoms with E-state index >= 15 is 0 Å². The molecule has 1 aromatic rings. The van der Waals surface area contributed by atoms with Crippen LogP contribution in [0.1, 0.15) is 11.6 Å². The molecule has 1 aromatic heterocycles. The van der Waals surface area contributed by atoms with Gasteiger partial charge in [-0.05, 0) is 11.4 Å². The maximum absolute atomic E-state index is 10.6. The van der Waals surface area contributed by atoms with Crippen molar-refractivity contribution in [3.63, 3.8) is 0 Å². The van der Waals surface area contributed by atoms with Crippen LogP contribution in [0.2, 0.25) is 4.34 Å². The first-order valence-electron chi connectivity index (χ1n) is 2.90. The van der Waals surface area contributed by atoms with Crippen molar-refractivity contribution < 1.29 is 4.79 Å². The molecule has 1 amide bonds. The fraction of sp³-hybridized carbons (Fsp3) is 0.167. The van der Waals surface area contributed by atoms with Gasteiger partial charge in [0.05, 0.1) is 4.34 Å². The standard InChI is InChI=1S/C6H7ClN2OS/c7-5-3(1-2-11-5)4(8)6(9)10/h1-2,4H,8H2,(H2,9,10).